The molecule has 1 heterocycles. The summed E-state index contributed by atoms with van der Waals surface area (Å²) in [5, 5.41) is 0. The minimum absolute atomic E-state index is 0.0741. The number of carbonyl (C=O) groups excluding carboxylic acids is 1. The van der Waals surface area contributed by atoms with Crippen LogP contribution in [0.2, 0.25) is 0 Å². The maximum Gasteiger partial charge on any atom is 0.313 e. The second-order valence-electron chi connectivity index (χ2n) is 5.99. The van der Waals surface area contributed by atoms with E-state index >= 15 is 0 Å². The third-order valence-electron chi connectivity index (χ3n) is 4.28. The molecule has 152 valence electrons. The van der Waals surface area contributed by atoms with Gasteiger partial charge in [0.2, 0.25) is 0 Å². The molecule has 8 nitrogen and oxygen atoms in total. The number of rotatable bonds is 6. The predicted molar refractivity (Wildman–Crippen MR) is 112 cm³/mol. The van der Waals surface area contributed by atoms with Gasteiger partial charge in [0, 0.05) is 24.3 Å². The largest absolute Gasteiger partial charge is 0.495 e. The molecule has 0 bridgehead atoms. The average Bonchev–Trinajstić information content (AvgIpc) is 3.27. The van der Waals surface area contributed by atoms with Crippen LogP contribution in [0.3, 0.4) is 0 Å². The van der Waals surface area contributed by atoms with Crippen LogP contribution in [0.5, 0.6) is 5.75 Å². The number of nitrogens with zero attached hydrogens (tertiary/aromatic N) is 3. The highest BCUT2D eigenvalue weighted by Gasteiger charge is 2.27. The summed E-state index contributed by atoms with van der Waals surface area (Å²) >= 11 is 3.33. The van der Waals surface area contributed by atoms with E-state index in [0.29, 0.717) is 11.4 Å². The summed E-state index contributed by atoms with van der Waals surface area (Å²) in [6.07, 6.45) is 2.65. The molecule has 3 rings (SSSR count). The van der Waals surface area contributed by atoms with Crippen molar-refractivity contribution in [2.75, 3.05) is 30.4 Å². The number of hydrogen-bond acceptors (Lipinski definition) is 6. The maximum absolute atomic E-state index is 13.3. The van der Waals surface area contributed by atoms with Gasteiger partial charge in [0.1, 0.15) is 16.9 Å². The lowest BCUT2D eigenvalue weighted by atomic mass is 10.2. The van der Waals surface area contributed by atoms with E-state index in [4.69, 9.17) is 9.15 Å². The number of oxazole rings is 1. The fourth-order valence-corrected chi connectivity index (χ4v) is 4.24. The van der Waals surface area contributed by atoms with Gasteiger partial charge in [-0.05, 0) is 42.5 Å². The van der Waals surface area contributed by atoms with E-state index in [0.717, 1.165) is 8.78 Å². The van der Waals surface area contributed by atoms with E-state index in [1.165, 1.54) is 50.7 Å². The third-order valence-corrected chi connectivity index (χ3v) is 6.62. The van der Waals surface area contributed by atoms with Gasteiger partial charge in [-0.15, -0.1) is 0 Å². The van der Waals surface area contributed by atoms with Crippen molar-refractivity contribution >= 4 is 43.2 Å². The summed E-state index contributed by atoms with van der Waals surface area (Å²) in [4.78, 5) is 17.5. The molecule has 0 fully saturated rings. The standard InChI is InChI=1S/C19H18BrN3O5S/c1-22(19(24)18-21-10-11-28-18)15-8-9-16(27-3)17(12-15)29(25,26)23(2)14-6-4-13(20)5-7-14/h4-12H,1-3H3. The van der Waals surface area contributed by atoms with Crippen molar-refractivity contribution in [2.24, 2.45) is 0 Å². The molecule has 0 unspecified atom stereocenters. The lowest BCUT2D eigenvalue weighted by Gasteiger charge is -2.23. The van der Waals surface area contributed by atoms with Gasteiger partial charge in [0.05, 0.1) is 19.0 Å². The van der Waals surface area contributed by atoms with Crippen molar-refractivity contribution in [3.8, 4) is 5.75 Å². The van der Waals surface area contributed by atoms with E-state index in [9.17, 15) is 13.2 Å². The van der Waals surface area contributed by atoms with Crippen LogP contribution in [-0.2, 0) is 10.0 Å². The first-order valence-corrected chi connectivity index (χ1v) is 10.6. The maximum atomic E-state index is 13.3. The molecule has 1 aromatic heterocycles. The number of aromatic nitrogens is 1. The van der Waals surface area contributed by atoms with Gasteiger partial charge in [-0.3, -0.25) is 9.10 Å². The quantitative estimate of drug-likeness (QED) is 0.536. The summed E-state index contributed by atoms with van der Waals surface area (Å²) in [5.41, 5.74) is 0.821. The first kappa shape index (κ1) is 20.9. The van der Waals surface area contributed by atoms with Crippen molar-refractivity contribution in [1.29, 1.82) is 0 Å². The Hall–Kier alpha value is -2.85. The number of sulfonamides is 1. The Morgan fingerprint density at radius 2 is 1.76 bits per heavy atom. The van der Waals surface area contributed by atoms with Gasteiger partial charge in [-0.25, -0.2) is 13.4 Å². The normalized spacial score (nSPS) is 11.2. The zero-order chi connectivity index (χ0) is 21.2. The smallest absolute Gasteiger partial charge is 0.313 e. The number of anilines is 2. The Bertz CT molecular complexity index is 1120. The molecule has 10 heteroatoms. The van der Waals surface area contributed by atoms with Crippen LogP contribution >= 0.6 is 15.9 Å². The highest BCUT2D eigenvalue weighted by molar-refractivity contribution is 9.10. The molecule has 29 heavy (non-hydrogen) atoms. The number of ether oxygens (including phenoxy) is 1. The summed E-state index contributed by atoms with van der Waals surface area (Å²) in [5.74, 6) is -0.445. The van der Waals surface area contributed by atoms with E-state index in [1.807, 2.05) is 0 Å². The predicted octanol–water partition coefficient (Wildman–Crippen LogP) is 3.55. The first-order chi connectivity index (χ1) is 13.8. The molecule has 0 aliphatic carbocycles. The zero-order valence-corrected chi connectivity index (χ0v) is 18.3. The monoisotopic (exact) mass is 479 g/mol. The number of carbonyl (C=O) groups is 1. The first-order valence-electron chi connectivity index (χ1n) is 8.36. The van der Waals surface area contributed by atoms with Crippen LogP contribution in [-0.4, -0.2) is 40.5 Å². The molecule has 3 aromatic rings. The second-order valence-corrected chi connectivity index (χ2v) is 8.84. The van der Waals surface area contributed by atoms with Gasteiger partial charge < -0.3 is 14.1 Å². The van der Waals surface area contributed by atoms with Crippen molar-refractivity contribution in [3.63, 3.8) is 0 Å². The lowest BCUT2D eigenvalue weighted by molar-refractivity contribution is 0.0959. The molecular formula is C19H18BrN3O5S. The van der Waals surface area contributed by atoms with Gasteiger partial charge in [-0.1, -0.05) is 15.9 Å². The van der Waals surface area contributed by atoms with Gasteiger partial charge in [0.25, 0.3) is 15.9 Å². The Morgan fingerprint density at radius 3 is 2.34 bits per heavy atom. The number of benzene rings is 2. The summed E-state index contributed by atoms with van der Waals surface area (Å²) < 4.78 is 38.8. The molecular weight excluding hydrogens is 462 g/mol. The average molecular weight is 480 g/mol. The van der Waals surface area contributed by atoms with E-state index in [2.05, 4.69) is 20.9 Å². The fraction of sp³-hybridized carbons (Fsp3) is 0.158. The molecule has 0 aliphatic rings. The van der Waals surface area contributed by atoms with Crippen LogP contribution < -0.4 is 13.9 Å². The number of amides is 1. The lowest BCUT2D eigenvalue weighted by Crippen LogP contribution is -2.29. The fourth-order valence-electron chi connectivity index (χ4n) is 2.60. The molecule has 0 saturated carbocycles. The van der Waals surface area contributed by atoms with Crippen LogP contribution in [0.1, 0.15) is 10.7 Å². The van der Waals surface area contributed by atoms with Crippen molar-refractivity contribution < 1.29 is 22.4 Å². The highest BCUT2D eigenvalue weighted by Crippen LogP contribution is 2.33. The second kappa shape index (κ2) is 8.26. The van der Waals surface area contributed by atoms with Crippen LogP contribution in [0.4, 0.5) is 11.4 Å². The number of hydrogen-bond donors (Lipinski definition) is 0. The SMILES string of the molecule is COc1ccc(N(C)C(=O)c2ncco2)cc1S(=O)(=O)N(C)c1ccc(Br)cc1. The van der Waals surface area contributed by atoms with E-state index in [1.54, 1.807) is 30.3 Å². The van der Waals surface area contributed by atoms with Gasteiger partial charge >= 0.3 is 5.91 Å². The Morgan fingerprint density at radius 1 is 1.10 bits per heavy atom. The van der Waals surface area contributed by atoms with Crippen molar-refractivity contribution in [1.82, 2.24) is 4.98 Å². The molecule has 0 saturated heterocycles. The van der Waals surface area contributed by atoms with E-state index in [-0.39, 0.29) is 16.5 Å². The van der Waals surface area contributed by atoms with Gasteiger partial charge in [0.15, 0.2) is 0 Å². The van der Waals surface area contributed by atoms with Crippen LogP contribution in [0, 0.1) is 0 Å². The van der Waals surface area contributed by atoms with Crippen LogP contribution in [0.15, 0.2) is 68.7 Å². The molecule has 0 radical (unpaired) electrons. The number of halogens is 1. The molecule has 0 N–H and O–H groups in total. The summed E-state index contributed by atoms with van der Waals surface area (Å²) in [6, 6.07) is 11.3. The summed E-state index contributed by atoms with van der Waals surface area (Å²) in [7, 11) is 0.371. The molecule has 0 aliphatic heterocycles. The molecule has 0 spiro atoms. The van der Waals surface area contributed by atoms with Crippen LogP contribution in [0.25, 0.3) is 0 Å². The van der Waals surface area contributed by atoms with E-state index < -0.39 is 15.9 Å². The Balaban J connectivity index is 2.02. The third kappa shape index (κ3) is 4.13. The molecule has 2 aromatic carbocycles. The molecule has 0 atom stereocenters. The van der Waals surface area contributed by atoms with Crippen molar-refractivity contribution in [3.05, 3.63) is 65.3 Å². The number of methoxy groups -OCH3 is 1. The minimum atomic E-state index is -3.97. The Labute approximate surface area is 176 Å². The summed E-state index contributed by atoms with van der Waals surface area (Å²) in [6.45, 7) is 0. The Kier molecular flexibility index (Phi) is 5.94. The molecule has 1 amide bonds. The van der Waals surface area contributed by atoms with Gasteiger partial charge in [-0.2, -0.15) is 0 Å². The van der Waals surface area contributed by atoms with Crippen molar-refractivity contribution in [2.45, 2.75) is 4.90 Å². The topological polar surface area (TPSA) is 93.0 Å². The highest BCUT2D eigenvalue weighted by atomic mass is 79.9. The minimum Gasteiger partial charge on any atom is -0.495 e. The zero-order valence-electron chi connectivity index (χ0n) is 15.9.